The van der Waals surface area contributed by atoms with Crippen LogP contribution in [0.1, 0.15) is 52.8 Å². The van der Waals surface area contributed by atoms with Crippen molar-refractivity contribution in [2.75, 3.05) is 13.1 Å². The Kier molecular flexibility index (Phi) is 6.39. The van der Waals surface area contributed by atoms with Crippen molar-refractivity contribution in [1.82, 2.24) is 15.4 Å². The molecule has 0 atom stereocenters. The molecule has 144 valence electrons. The Morgan fingerprint density at radius 2 is 2.07 bits per heavy atom. The van der Waals surface area contributed by atoms with Crippen molar-refractivity contribution in [2.24, 2.45) is 5.92 Å². The van der Waals surface area contributed by atoms with E-state index in [4.69, 9.17) is 27.7 Å². The molecule has 0 spiro atoms. The van der Waals surface area contributed by atoms with Gasteiger partial charge in [-0.2, -0.15) is 0 Å². The molecule has 1 saturated carbocycles. The summed E-state index contributed by atoms with van der Waals surface area (Å²) in [4.78, 5) is 26.6. The van der Waals surface area contributed by atoms with Gasteiger partial charge in [0, 0.05) is 24.2 Å². The van der Waals surface area contributed by atoms with Crippen LogP contribution in [0.25, 0.3) is 0 Å². The molecule has 6 nitrogen and oxygen atoms in total. The Morgan fingerprint density at radius 3 is 2.74 bits per heavy atom. The number of carbonyl (C=O) groups is 2. The van der Waals surface area contributed by atoms with Crippen LogP contribution in [0.5, 0.6) is 0 Å². The van der Waals surface area contributed by atoms with Gasteiger partial charge in [-0.25, -0.2) is 0 Å². The molecule has 0 aliphatic heterocycles. The summed E-state index contributed by atoms with van der Waals surface area (Å²) in [7, 11) is 0. The predicted molar refractivity (Wildman–Crippen MR) is 103 cm³/mol. The second-order valence-electron chi connectivity index (χ2n) is 6.68. The zero-order valence-corrected chi connectivity index (χ0v) is 16.5. The Labute approximate surface area is 167 Å². The van der Waals surface area contributed by atoms with Crippen LogP contribution < -0.4 is 5.32 Å². The van der Waals surface area contributed by atoms with Gasteiger partial charge in [-0.3, -0.25) is 9.59 Å². The fourth-order valence-corrected chi connectivity index (χ4v) is 3.18. The van der Waals surface area contributed by atoms with E-state index >= 15 is 0 Å². The molecule has 0 saturated heterocycles. The van der Waals surface area contributed by atoms with Crippen LogP contribution in [0.4, 0.5) is 0 Å². The summed E-state index contributed by atoms with van der Waals surface area (Å²) in [6.45, 7) is 3.35. The largest absolute Gasteiger partial charge is 0.359 e. The van der Waals surface area contributed by atoms with Crippen molar-refractivity contribution in [3.05, 3.63) is 51.3 Å². The molecule has 1 aromatic heterocycles. The standard InChI is InChI=1S/C19H21Cl2N3O3/c1-2-7-24(19(26)15-6-5-13(20)8-16(15)21)11-14-9-17(23-27-14)18(25)22-10-12-3-4-12/h5-6,8-9,12H,2-4,7,10-11H2,1H3,(H,22,25). The van der Waals surface area contributed by atoms with Crippen LogP contribution in [0.2, 0.25) is 10.0 Å². The van der Waals surface area contributed by atoms with Gasteiger partial charge in [0.05, 0.1) is 17.1 Å². The minimum Gasteiger partial charge on any atom is -0.359 e. The lowest BCUT2D eigenvalue weighted by Gasteiger charge is -2.21. The molecule has 2 aromatic rings. The van der Waals surface area contributed by atoms with Gasteiger partial charge in [-0.15, -0.1) is 0 Å². The van der Waals surface area contributed by atoms with Gasteiger partial charge in [0.2, 0.25) is 0 Å². The molecule has 2 amide bonds. The second-order valence-corrected chi connectivity index (χ2v) is 7.53. The Balaban J connectivity index is 1.68. The van der Waals surface area contributed by atoms with E-state index < -0.39 is 0 Å². The van der Waals surface area contributed by atoms with Crippen LogP contribution in [0, 0.1) is 5.92 Å². The highest BCUT2D eigenvalue weighted by molar-refractivity contribution is 6.36. The van der Waals surface area contributed by atoms with Gasteiger partial charge in [0.1, 0.15) is 0 Å². The second kappa shape index (κ2) is 8.76. The zero-order chi connectivity index (χ0) is 19.4. The van der Waals surface area contributed by atoms with Gasteiger partial charge in [0.25, 0.3) is 11.8 Å². The Morgan fingerprint density at radius 1 is 1.30 bits per heavy atom. The van der Waals surface area contributed by atoms with E-state index in [2.05, 4.69) is 10.5 Å². The van der Waals surface area contributed by atoms with Crippen LogP contribution in [0.15, 0.2) is 28.8 Å². The quantitative estimate of drug-likeness (QED) is 0.709. The number of carbonyl (C=O) groups excluding carboxylic acids is 2. The van der Waals surface area contributed by atoms with Crippen LogP contribution in [-0.2, 0) is 6.54 Å². The molecular formula is C19H21Cl2N3O3. The number of rotatable bonds is 8. The van der Waals surface area contributed by atoms with E-state index in [1.807, 2.05) is 6.92 Å². The molecule has 1 heterocycles. The van der Waals surface area contributed by atoms with Crippen molar-refractivity contribution in [1.29, 1.82) is 0 Å². The summed E-state index contributed by atoms with van der Waals surface area (Å²) in [5, 5.41) is 7.43. The fourth-order valence-electron chi connectivity index (χ4n) is 2.69. The van der Waals surface area contributed by atoms with E-state index in [0.29, 0.717) is 40.4 Å². The molecule has 1 fully saturated rings. The van der Waals surface area contributed by atoms with E-state index in [1.165, 1.54) is 6.07 Å². The van der Waals surface area contributed by atoms with Crippen molar-refractivity contribution in [2.45, 2.75) is 32.7 Å². The summed E-state index contributed by atoms with van der Waals surface area (Å²) >= 11 is 12.1. The highest BCUT2D eigenvalue weighted by Crippen LogP contribution is 2.27. The lowest BCUT2D eigenvalue weighted by molar-refractivity contribution is 0.0727. The predicted octanol–water partition coefficient (Wildman–Crippen LogP) is 4.17. The summed E-state index contributed by atoms with van der Waals surface area (Å²) in [5.74, 6) is 0.543. The SMILES string of the molecule is CCCN(Cc1cc(C(=O)NCC2CC2)no1)C(=O)c1ccc(Cl)cc1Cl. The smallest absolute Gasteiger partial charge is 0.273 e. The summed E-state index contributed by atoms with van der Waals surface area (Å²) < 4.78 is 5.26. The molecule has 8 heteroatoms. The number of halogens is 2. The number of nitrogens with zero attached hydrogens (tertiary/aromatic N) is 2. The normalized spacial score (nSPS) is 13.4. The van der Waals surface area contributed by atoms with Crippen molar-refractivity contribution < 1.29 is 14.1 Å². The number of benzene rings is 1. The number of amides is 2. The number of hydrogen-bond acceptors (Lipinski definition) is 4. The molecular weight excluding hydrogens is 389 g/mol. The molecule has 1 aromatic carbocycles. The van der Waals surface area contributed by atoms with Gasteiger partial charge < -0.3 is 14.7 Å². The van der Waals surface area contributed by atoms with E-state index in [1.54, 1.807) is 23.1 Å². The molecule has 0 bridgehead atoms. The van der Waals surface area contributed by atoms with E-state index in [9.17, 15) is 9.59 Å². The van der Waals surface area contributed by atoms with Crippen molar-refractivity contribution in [3.8, 4) is 0 Å². The maximum absolute atomic E-state index is 12.9. The molecule has 3 rings (SSSR count). The maximum atomic E-state index is 12.9. The van der Waals surface area contributed by atoms with Crippen LogP contribution in [-0.4, -0.2) is 35.0 Å². The maximum Gasteiger partial charge on any atom is 0.273 e. The third kappa shape index (κ3) is 5.23. The number of hydrogen-bond donors (Lipinski definition) is 1. The first-order chi connectivity index (χ1) is 13.0. The van der Waals surface area contributed by atoms with Gasteiger partial charge in [-0.05, 0) is 43.4 Å². The summed E-state index contributed by atoms with van der Waals surface area (Å²) in [5.41, 5.74) is 0.593. The third-order valence-electron chi connectivity index (χ3n) is 4.33. The van der Waals surface area contributed by atoms with Crippen LogP contribution in [0.3, 0.4) is 0 Å². The summed E-state index contributed by atoms with van der Waals surface area (Å²) in [6, 6.07) is 6.34. The molecule has 27 heavy (non-hydrogen) atoms. The molecule has 1 N–H and O–H groups in total. The lowest BCUT2D eigenvalue weighted by Crippen LogP contribution is -2.31. The minimum atomic E-state index is -0.258. The van der Waals surface area contributed by atoms with Crippen molar-refractivity contribution >= 4 is 35.0 Å². The topological polar surface area (TPSA) is 75.4 Å². The summed E-state index contributed by atoms with van der Waals surface area (Å²) in [6.07, 6.45) is 3.08. The van der Waals surface area contributed by atoms with Crippen LogP contribution >= 0.6 is 23.2 Å². The first-order valence-electron chi connectivity index (χ1n) is 8.96. The number of nitrogens with one attached hydrogen (secondary N) is 1. The van der Waals surface area contributed by atoms with E-state index in [-0.39, 0.29) is 24.1 Å². The first kappa shape index (κ1) is 19.7. The molecule has 1 aliphatic carbocycles. The number of aromatic nitrogens is 1. The Bertz CT molecular complexity index is 833. The molecule has 1 aliphatic rings. The van der Waals surface area contributed by atoms with Gasteiger partial charge in [0.15, 0.2) is 11.5 Å². The lowest BCUT2D eigenvalue weighted by atomic mass is 10.2. The molecule has 0 unspecified atom stereocenters. The fraction of sp³-hybridized carbons (Fsp3) is 0.421. The van der Waals surface area contributed by atoms with E-state index in [0.717, 1.165) is 19.3 Å². The minimum absolute atomic E-state index is 0.203. The molecule has 0 radical (unpaired) electrons. The van der Waals surface area contributed by atoms with Crippen molar-refractivity contribution in [3.63, 3.8) is 0 Å². The Hall–Kier alpha value is -2.05. The highest BCUT2D eigenvalue weighted by atomic mass is 35.5. The average molecular weight is 410 g/mol. The third-order valence-corrected chi connectivity index (χ3v) is 4.88. The highest BCUT2D eigenvalue weighted by Gasteiger charge is 2.24. The first-order valence-corrected chi connectivity index (χ1v) is 9.71. The average Bonchev–Trinajstić information content (AvgIpc) is 3.35. The monoisotopic (exact) mass is 409 g/mol. The van der Waals surface area contributed by atoms with Gasteiger partial charge >= 0.3 is 0 Å². The van der Waals surface area contributed by atoms with Gasteiger partial charge in [-0.1, -0.05) is 35.3 Å². The zero-order valence-electron chi connectivity index (χ0n) is 15.0.